The van der Waals surface area contributed by atoms with Gasteiger partial charge in [-0.3, -0.25) is 0 Å². The molecular weight excluding hydrogens is 311 g/mol. The van der Waals surface area contributed by atoms with E-state index in [1.54, 1.807) is 30.3 Å². The van der Waals surface area contributed by atoms with Crippen LogP contribution >= 0.6 is 0 Å². The van der Waals surface area contributed by atoms with Gasteiger partial charge in [0.1, 0.15) is 0 Å². The summed E-state index contributed by atoms with van der Waals surface area (Å²) in [6.07, 6.45) is 2.18. The molecule has 0 spiro atoms. The second-order valence-corrected chi connectivity index (χ2v) is 6.17. The first kappa shape index (κ1) is 13.2. The average Bonchev–Trinajstić information content (AvgIpc) is 2.34. The van der Waals surface area contributed by atoms with Crippen LogP contribution in [0.4, 0.5) is 0 Å². The quantitative estimate of drug-likeness (QED) is 0.349. The molecule has 0 aliphatic rings. The van der Waals surface area contributed by atoms with Crippen LogP contribution < -0.4 is 0 Å². The van der Waals surface area contributed by atoms with Crippen LogP contribution in [0.5, 0.6) is 0 Å². The summed E-state index contributed by atoms with van der Waals surface area (Å²) in [5.41, 5.74) is 0.405. The van der Waals surface area contributed by atoms with Gasteiger partial charge in [0, 0.05) is 0 Å². The standard InChI is InChI=1S/C8H6O3.C4H9.Sn/c9-7(8(10)11)6-4-2-1-3-5-6;1-3-4-2;/h1-5H,(H,10,11);1,3-4H2,2H3;/q;;+1/p-1. The zero-order valence-electron chi connectivity index (χ0n) is 9.23. The number of rotatable bonds is 6. The number of unbranched alkanes of at least 4 members (excludes halogenated alkanes) is 1. The van der Waals surface area contributed by atoms with E-state index in [0.29, 0.717) is 5.56 Å². The second kappa shape index (κ2) is 7.43. The van der Waals surface area contributed by atoms with E-state index in [-0.39, 0.29) is 0 Å². The summed E-state index contributed by atoms with van der Waals surface area (Å²) in [6, 6.07) is 8.52. The van der Waals surface area contributed by atoms with E-state index < -0.39 is 33.3 Å². The van der Waals surface area contributed by atoms with Crippen molar-refractivity contribution in [3.05, 3.63) is 35.9 Å². The first-order valence-corrected chi connectivity index (χ1v) is 8.47. The third-order valence-corrected chi connectivity index (χ3v) is 4.55. The molecule has 1 rings (SSSR count). The summed E-state index contributed by atoms with van der Waals surface area (Å²) in [5, 5.41) is 0. The Morgan fingerprint density at radius 3 is 2.56 bits per heavy atom. The Hall–Kier alpha value is -0.841. The predicted octanol–water partition coefficient (Wildman–Crippen LogP) is 2.25. The molecule has 0 heterocycles. The van der Waals surface area contributed by atoms with E-state index in [4.69, 9.17) is 3.07 Å². The second-order valence-electron chi connectivity index (χ2n) is 3.33. The number of hydrogen-bond acceptors (Lipinski definition) is 3. The van der Waals surface area contributed by atoms with Gasteiger partial charge in [-0.25, -0.2) is 0 Å². The molecule has 0 saturated carbocycles. The number of carbonyl (C=O) groups excluding carboxylic acids is 2. The van der Waals surface area contributed by atoms with Crippen molar-refractivity contribution in [2.45, 2.75) is 24.2 Å². The van der Waals surface area contributed by atoms with Crippen LogP contribution in [0.25, 0.3) is 0 Å². The Morgan fingerprint density at radius 1 is 1.25 bits per heavy atom. The zero-order chi connectivity index (χ0) is 11.8. The van der Waals surface area contributed by atoms with Crippen molar-refractivity contribution in [1.29, 1.82) is 0 Å². The van der Waals surface area contributed by atoms with Gasteiger partial charge in [-0.1, -0.05) is 0 Å². The van der Waals surface area contributed by atoms with Crippen molar-refractivity contribution in [3.63, 3.8) is 0 Å². The third-order valence-electron chi connectivity index (χ3n) is 2.02. The van der Waals surface area contributed by atoms with Gasteiger partial charge in [-0.15, -0.1) is 0 Å². The molecule has 0 aliphatic heterocycles. The van der Waals surface area contributed by atoms with Crippen LogP contribution in [-0.4, -0.2) is 33.3 Å². The van der Waals surface area contributed by atoms with Crippen LogP contribution in [-0.2, 0) is 7.87 Å². The van der Waals surface area contributed by atoms with Gasteiger partial charge in [0.25, 0.3) is 0 Å². The van der Waals surface area contributed by atoms with E-state index in [9.17, 15) is 9.59 Å². The van der Waals surface area contributed by atoms with E-state index >= 15 is 0 Å². The minimum absolute atomic E-state index is 0.405. The normalized spacial score (nSPS) is 9.81. The van der Waals surface area contributed by atoms with Crippen molar-refractivity contribution in [1.82, 2.24) is 0 Å². The van der Waals surface area contributed by atoms with Crippen molar-refractivity contribution < 1.29 is 12.7 Å². The molecule has 4 heteroatoms. The fourth-order valence-electron chi connectivity index (χ4n) is 1.12. The molecule has 84 valence electrons. The molecule has 0 amide bonds. The molecule has 0 bridgehead atoms. The predicted molar refractivity (Wildman–Crippen MR) is 62.3 cm³/mol. The van der Waals surface area contributed by atoms with Crippen LogP contribution in [0.1, 0.15) is 30.1 Å². The molecule has 0 N–H and O–H groups in total. The summed E-state index contributed by atoms with van der Waals surface area (Å²) >= 11 is -1.13. The SMILES string of the molecule is CCC[CH2][Sn][O]C(=O)C(=O)c1ccccc1. The Labute approximate surface area is 106 Å². The molecule has 0 unspecified atom stereocenters. The first-order chi connectivity index (χ1) is 7.75. The topological polar surface area (TPSA) is 43.4 Å². The molecule has 3 nitrogen and oxygen atoms in total. The molecule has 0 aromatic heterocycles. The van der Waals surface area contributed by atoms with Crippen LogP contribution in [0.3, 0.4) is 0 Å². The van der Waals surface area contributed by atoms with E-state index in [1.165, 1.54) is 0 Å². The van der Waals surface area contributed by atoms with Crippen LogP contribution in [0, 0.1) is 0 Å². The third kappa shape index (κ3) is 4.35. The van der Waals surface area contributed by atoms with E-state index in [1.807, 2.05) is 0 Å². The monoisotopic (exact) mass is 326 g/mol. The molecule has 1 aromatic rings. The summed E-state index contributed by atoms with van der Waals surface area (Å²) < 4.78 is 6.02. The van der Waals surface area contributed by atoms with Gasteiger partial charge in [0.05, 0.1) is 0 Å². The van der Waals surface area contributed by atoms with Crippen molar-refractivity contribution in [2.24, 2.45) is 0 Å². The Kier molecular flexibility index (Phi) is 6.15. The molecule has 0 atom stereocenters. The van der Waals surface area contributed by atoms with Crippen LogP contribution in [0.2, 0.25) is 4.44 Å². The van der Waals surface area contributed by atoms with Crippen molar-refractivity contribution in [3.8, 4) is 0 Å². The van der Waals surface area contributed by atoms with Gasteiger partial charge in [-0.2, -0.15) is 0 Å². The summed E-state index contributed by atoms with van der Waals surface area (Å²) in [7, 11) is 0. The van der Waals surface area contributed by atoms with Gasteiger partial charge in [0.2, 0.25) is 0 Å². The number of Topliss-reactive ketones (excluding diaryl/α,β-unsaturated/α-hetero) is 1. The minimum atomic E-state index is -1.13. The first-order valence-electron chi connectivity index (χ1n) is 5.29. The molecule has 0 saturated heterocycles. The molecule has 0 aliphatic carbocycles. The fourth-order valence-corrected chi connectivity index (χ4v) is 3.47. The van der Waals surface area contributed by atoms with E-state index in [0.717, 1.165) is 17.3 Å². The number of ketones is 1. The fraction of sp³-hybridized carbons (Fsp3) is 0.333. The molecular formula is C12H14O3Sn. The molecule has 2 radical (unpaired) electrons. The summed E-state index contributed by atoms with van der Waals surface area (Å²) in [4.78, 5) is 22.9. The molecule has 1 aromatic carbocycles. The number of hydrogen-bond donors (Lipinski definition) is 0. The number of carbonyl (C=O) groups is 2. The Balaban J connectivity index is 2.40. The number of benzene rings is 1. The zero-order valence-corrected chi connectivity index (χ0v) is 12.1. The summed E-state index contributed by atoms with van der Waals surface area (Å²) in [6.45, 7) is 2.09. The van der Waals surface area contributed by atoms with Crippen molar-refractivity contribution in [2.75, 3.05) is 0 Å². The van der Waals surface area contributed by atoms with Gasteiger partial charge in [-0.05, 0) is 0 Å². The Morgan fingerprint density at radius 2 is 1.94 bits per heavy atom. The molecule has 16 heavy (non-hydrogen) atoms. The van der Waals surface area contributed by atoms with Gasteiger partial charge in [0.15, 0.2) is 0 Å². The van der Waals surface area contributed by atoms with Crippen LogP contribution in [0.15, 0.2) is 30.3 Å². The van der Waals surface area contributed by atoms with Gasteiger partial charge >= 0.3 is 106 Å². The van der Waals surface area contributed by atoms with Gasteiger partial charge < -0.3 is 0 Å². The maximum atomic E-state index is 11.6. The average molecular weight is 325 g/mol. The van der Waals surface area contributed by atoms with Crippen molar-refractivity contribution >= 4 is 33.3 Å². The summed E-state index contributed by atoms with van der Waals surface area (Å²) in [5.74, 6) is -1.22. The maximum absolute atomic E-state index is 11.6. The molecule has 0 fully saturated rings. The Bertz CT molecular complexity index is 349. The van der Waals surface area contributed by atoms with E-state index in [2.05, 4.69) is 6.92 Å².